The summed E-state index contributed by atoms with van der Waals surface area (Å²) in [5.74, 6) is -0.837. The predicted octanol–water partition coefficient (Wildman–Crippen LogP) is 2.65. The normalized spacial score (nSPS) is 11.3. The molecule has 2 rings (SSSR count). The lowest BCUT2D eigenvalue weighted by Crippen LogP contribution is -2.28. The van der Waals surface area contributed by atoms with Crippen molar-refractivity contribution < 1.29 is 14.3 Å². The molecule has 0 spiro atoms. The molecule has 0 radical (unpaired) electrons. The Kier molecular flexibility index (Phi) is 3.55. The summed E-state index contributed by atoms with van der Waals surface area (Å²) in [6.07, 6.45) is 2.96. The summed E-state index contributed by atoms with van der Waals surface area (Å²) >= 11 is 0. The van der Waals surface area contributed by atoms with E-state index in [9.17, 15) is 4.79 Å². The van der Waals surface area contributed by atoms with Gasteiger partial charge >= 0.3 is 5.97 Å². The van der Waals surface area contributed by atoms with E-state index in [-0.39, 0.29) is 0 Å². The maximum absolute atomic E-state index is 11.2. The van der Waals surface area contributed by atoms with Gasteiger partial charge in [0.2, 0.25) is 0 Å². The van der Waals surface area contributed by atoms with Crippen molar-refractivity contribution in [1.82, 2.24) is 4.98 Å². The fourth-order valence-corrected chi connectivity index (χ4v) is 1.65. The zero-order valence-corrected chi connectivity index (χ0v) is 10.9. The molecule has 19 heavy (non-hydrogen) atoms. The number of carboxylic acids is 1. The van der Waals surface area contributed by atoms with Gasteiger partial charge in [-0.3, -0.25) is 4.79 Å². The van der Waals surface area contributed by atoms with Crippen molar-refractivity contribution in [3.8, 4) is 0 Å². The molecule has 0 saturated heterocycles. The van der Waals surface area contributed by atoms with Crippen molar-refractivity contribution >= 4 is 11.7 Å². The lowest BCUT2D eigenvalue weighted by atomic mass is 9.85. The van der Waals surface area contributed by atoms with Crippen molar-refractivity contribution in [3.63, 3.8) is 0 Å². The van der Waals surface area contributed by atoms with E-state index in [1.54, 1.807) is 20.1 Å². The predicted molar refractivity (Wildman–Crippen MR) is 70.9 cm³/mol. The number of carboxylic acid groups (broad SMARTS) is 1. The van der Waals surface area contributed by atoms with Gasteiger partial charge in [0, 0.05) is 5.69 Å². The number of nitrogens with one attached hydrogen (secondary N) is 1. The monoisotopic (exact) mass is 260 g/mol. The summed E-state index contributed by atoms with van der Waals surface area (Å²) in [6, 6.07) is 7.36. The molecule has 0 unspecified atom stereocenters. The van der Waals surface area contributed by atoms with Crippen LogP contribution < -0.4 is 5.32 Å². The highest BCUT2D eigenvalue weighted by molar-refractivity contribution is 5.80. The molecule has 2 aromatic rings. The molecule has 0 bridgehead atoms. The molecule has 2 N–H and O–H groups in total. The first-order valence-corrected chi connectivity index (χ1v) is 5.95. The Hall–Kier alpha value is -2.30. The van der Waals surface area contributed by atoms with E-state index in [0.717, 1.165) is 16.9 Å². The Morgan fingerprint density at radius 2 is 2.05 bits per heavy atom. The minimum atomic E-state index is -0.884. The SMILES string of the molecule is CC(C)(C(=O)O)c1ccc(NCc2cocn2)cc1. The third-order valence-electron chi connectivity index (χ3n) is 3.10. The molecule has 0 amide bonds. The Balaban J connectivity index is 2.04. The van der Waals surface area contributed by atoms with Crippen LogP contribution in [0.3, 0.4) is 0 Å². The lowest BCUT2D eigenvalue weighted by Gasteiger charge is -2.19. The molecule has 100 valence electrons. The molecule has 0 aliphatic rings. The van der Waals surface area contributed by atoms with Gasteiger partial charge in [-0.15, -0.1) is 0 Å². The molecule has 0 atom stereocenters. The number of benzene rings is 1. The van der Waals surface area contributed by atoms with Crippen molar-refractivity contribution in [3.05, 3.63) is 48.2 Å². The number of rotatable bonds is 5. The van der Waals surface area contributed by atoms with Gasteiger partial charge in [0.05, 0.1) is 17.7 Å². The Morgan fingerprint density at radius 1 is 1.37 bits per heavy atom. The second-order valence-electron chi connectivity index (χ2n) is 4.84. The highest BCUT2D eigenvalue weighted by Gasteiger charge is 2.29. The zero-order chi connectivity index (χ0) is 13.9. The maximum Gasteiger partial charge on any atom is 0.313 e. The minimum absolute atomic E-state index is 0.568. The van der Waals surface area contributed by atoms with Crippen LogP contribution >= 0.6 is 0 Å². The molecule has 5 nitrogen and oxygen atoms in total. The fraction of sp³-hybridized carbons (Fsp3) is 0.286. The third-order valence-corrected chi connectivity index (χ3v) is 3.10. The van der Waals surface area contributed by atoms with E-state index in [4.69, 9.17) is 9.52 Å². The number of nitrogens with zero attached hydrogens (tertiary/aromatic N) is 1. The Labute approximate surface area is 111 Å². The van der Waals surface area contributed by atoms with Crippen LogP contribution in [0.1, 0.15) is 25.1 Å². The smallest absolute Gasteiger partial charge is 0.313 e. The van der Waals surface area contributed by atoms with Crippen molar-refractivity contribution in [2.24, 2.45) is 0 Å². The Bertz CT molecular complexity index is 545. The van der Waals surface area contributed by atoms with Gasteiger partial charge in [0.25, 0.3) is 0 Å². The van der Waals surface area contributed by atoms with E-state index < -0.39 is 11.4 Å². The quantitative estimate of drug-likeness (QED) is 0.864. The van der Waals surface area contributed by atoms with Crippen molar-refractivity contribution in [2.75, 3.05) is 5.32 Å². The molecule has 1 aromatic heterocycles. The number of anilines is 1. The summed E-state index contributed by atoms with van der Waals surface area (Å²) in [6.45, 7) is 3.94. The number of aromatic nitrogens is 1. The summed E-state index contributed by atoms with van der Waals surface area (Å²) in [5.41, 5.74) is 1.61. The average molecular weight is 260 g/mol. The molecular weight excluding hydrogens is 244 g/mol. The molecule has 1 aromatic carbocycles. The fourth-order valence-electron chi connectivity index (χ4n) is 1.65. The molecule has 0 aliphatic carbocycles. The zero-order valence-electron chi connectivity index (χ0n) is 10.9. The minimum Gasteiger partial charge on any atom is -0.481 e. The number of carbonyl (C=O) groups is 1. The lowest BCUT2D eigenvalue weighted by molar-refractivity contribution is -0.142. The van der Waals surface area contributed by atoms with Crippen LogP contribution in [0.15, 0.2) is 41.3 Å². The molecular formula is C14H16N2O3. The largest absolute Gasteiger partial charge is 0.481 e. The van der Waals surface area contributed by atoms with Gasteiger partial charge in [-0.2, -0.15) is 0 Å². The highest BCUT2D eigenvalue weighted by Crippen LogP contribution is 2.24. The van der Waals surface area contributed by atoms with Crippen molar-refractivity contribution in [2.45, 2.75) is 25.8 Å². The van der Waals surface area contributed by atoms with Crippen LogP contribution in [0.25, 0.3) is 0 Å². The number of hydrogen-bond acceptors (Lipinski definition) is 4. The van der Waals surface area contributed by atoms with Gasteiger partial charge in [-0.05, 0) is 31.5 Å². The molecule has 0 saturated carbocycles. The molecule has 1 heterocycles. The number of hydrogen-bond donors (Lipinski definition) is 2. The van der Waals surface area contributed by atoms with Crippen molar-refractivity contribution in [1.29, 1.82) is 0 Å². The molecule has 5 heteroatoms. The van der Waals surface area contributed by atoms with Crippen LogP contribution in [-0.2, 0) is 16.8 Å². The van der Waals surface area contributed by atoms with Gasteiger partial charge in [-0.25, -0.2) is 4.98 Å². The summed E-state index contributed by atoms with van der Waals surface area (Å²) in [4.78, 5) is 15.2. The van der Waals surface area contributed by atoms with Crippen LogP contribution in [-0.4, -0.2) is 16.1 Å². The number of oxazole rings is 1. The second-order valence-corrected chi connectivity index (χ2v) is 4.84. The van der Waals surface area contributed by atoms with E-state index in [2.05, 4.69) is 10.3 Å². The van der Waals surface area contributed by atoms with E-state index >= 15 is 0 Å². The van der Waals surface area contributed by atoms with E-state index in [1.165, 1.54) is 6.39 Å². The average Bonchev–Trinajstić information content (AvgIpc) is 2.90. The van der Waals surface area contributed by atoms with Gasteiger partial charge in [0.1, 0.15) is 6.26 Å². The highest BCUT2D eigenvalue weighted by atomic mass is 16.4. The summed E-state index contributed by atoms with van der Waals surface area (Å²) in [5, 5.41) is 12.3. The van der Waals surface area contributed by atoms with Crippen LogP contribution in [0.5, 0.6) is 0 Å². The van der Waals surface area contributed by atoms with Gasteiger partial charge < -0.3 is 14.8 Å². The summed E-state index contributed by atoms with van der Waals surface area (Å²) < 4.78 is 4.88. The van der Waals surface area contributed by atoms with Gasteiger partial charge in [0.15, 0.2) is 6.39 Å². The summed E-state index contributed by atoms with van der Waals surface area (Å²) in [7, 11) is 0. The standard InChI is InChI=1S/C14H16N2O3/c1-14(2,13(17)18)10-3-5-11(6-4-10)15-7-12-8-19-9-16-12/h3-6,8-9,15H,7H2,1-2H3,(H,17,18). The van der Waals surface area contributed by atoms with E-state index in [1.807, 2.05) is 24.3 Å². The number of aliphatic carboxylic acids is 1. The maximum atomic E-state index is 11.2. The van der Waals surface area contributed by atoms with Crippen LogP contribution in [0, 0.1) is 0 Å². The first kappa shape index (κ1) is 13.1. The first-order chi connectivity index (χ1) is 9.00. The third kappa shape index (κ3) is 2.93. The Morgan fingerprint density at radius 3 is 2.58 bits per heavy atom. The second kappa shape index (κ2) is 5.14. The van der Waals surface area contributed by atoms with E-state index in [0.29, 0.717) is 6.54 Å². The molecule has 0 aliphatic heterocycles. The van der Waals surface area contributed by atoms with Crippen LogP contribution in [0.4, 0.5) is 5.69 Å². The van der Waals surface area contributed by atoms with Gasteiger partial charge in [-0.1, -0.05) is 12.1 Å². The first-order valence-electron chi connectivity index (χ1n) is 5.95. The topological polar surface area (TPSA) is 75.4 Å². The molecule has 0 fully saturated rings. The van der Waals surface area contributed by atoms with Crippen LogP contribution in [0.2, 0.25) is 0 Å².